The number of pyridine rings is 1. The smallest absolute Gasteiger partial charge is 0.336 e. The van der Waals surface area contributed by atoms with Crippen molar-refractivity contribution in [2.45, 2.75) is 11.1 Å². The molecule has 1 saturated heterocycles. The minimum absolute atomic E-state index is 0.0248. The Hall–Kier alpha value is -2.37. The lowest BCUT2D eigenvalue weighted by Crippen LogP contribution is -2.51. The molecule has 2 aromatic rings. The highest BCUT2D eigenvalue weighted by Gasteiger charge is 2.36. The lowest BCUT2D eigenvalue weighted by Gasteiger charge is -2.34. The monoisotopic (exact) mass is 449 g/mol. The molecule has 29 heavy (non-hydrogen) atoms. The van der Waals surface area contributed by atoms with Gasteiger partial charge in [0.2, 0.25) is 10.0 Å². The molecule has 156 valence electrons. The molecule has 0 bridgehead atoms. The Bertz CT molecular complexity index is 1090. The van der Waals surface area contributed by atoms with E-state index in [-0.39, 0.29) is 36.8 Å². The first-order chi connectivity index (χ1) is 13.5. The van der Waals surface area contributed by atoms with E-state index in [4.69, 9.17) is 11.6 Å². The summed E-state index contributed by atoms with van der Waals surface area (Å²) in [6, 6.07) is 4.93. The maximum Gasteiger partial charge on any atom is 0.416 e. The van der Waals surface area contributed by atoms with Crippen molar-refractivity contribution in [2.75, 3.05) is 26.2 Å². The normalized spacial score (nSPS) is 16.1. The van der Waals surface area contributed by atoms with Gasteiger partial charge in [-0.3, -0.25) is 9.59 Å². The number of H-pyrrole nitrogens is 1. The number of sulfonamides is 1. The van der Waals surface area contributed by atoms with E-state index in [0.717, 1.165) is 10.4 Å². The molecular formula is C17H15ClF3N3O4S. The number of hydrogen-bond donors (Lipinski definition) is 1. The molecule has 0 unspecified atom stereocenters. The number of alkyl halides is 3. The number of piperazine rings is 1. The molecule has 12 heteroatoms. The van der Waals surface area contributed by atoms with Crippen molar-refractivity contribution in [1.82, 2.24) is 14.2 Å². The van der Waals surface area contributed by atoms with Gasteiger partial charge in [-0.05, 0) is 30.3 Å². The molecule has 1 amide bonds. The van der Waals surface area contributed by atoms with Gasteiger partial charge in [-0.15, -0.1) is 0 Å². The Morgan fingerprint density at radius 3 is 2.34 bits per heavy atom. The van der Waals surface area contributed by atoms with Crippen LogP contribution in [0.1, 0.15) is 15.9 Å². The molecule has 1 aliphatic heterocycles. The molecule has 0 spiro atoms. The van der Waals surface area contributed by atoms with Crippen LogP contribution in [0.5, 0.6) is 0 Å². The highest BCUT2D eigenvalue weighted by atomic mass is 35.5. The van der Waals surface area contributed by atoms with E-state index in [9.17, 15) is 31.2 Å². The number of rotatable bonds is 3. The van der Waals surface area contributed by atoms with Crippen LogP contribution in [-0.2, 0) is 16.2 Å². The van der Waals surface area contributed by atoms with Crippen LogP contribution < -0.4 is 5.56 Å². The summed E-state index contributed by atoms with van der Waals surface area (Å²) >= 11 is 5.85. The summed E-state index contributed by atoms with van der Waals surface area (Å²) in [7, 11) is -4.30. The van der Waals surface area contributed by atoms with Gasteiger partial charge in [-0.1, -0.05) is 11.6 Å². The van der Waals surface area contributed by atoms with Crippen LogP contribution >= 0.6 is 11.6 Å². The number of benzene rings is 1. The topological polar surface area (TPSA) is 90.6 Å². The Morgan fingerprint density at radius 1 is 1.10 bits per heavy atom. The van der Waals surface area contributed by atoms with Gasteiger partial charge in [0.25, 0.3) is 11.5 Å². The third-order valence-corrected chi connectivity index (χ3v) is 6.83. The van der Waals surface area contributed by atoms with E-state index in [2.05, 4.69) is 4.98 Å². The largest absolute Gasteiger partial charge is 0.416 e. The first-order valence-electron chi connectivity index (χ1n) is 8.35. The summed E-state index contributed by atoms with van der Waals surface area (Å²) in [4.78, 5) is 27.2. The van der Waals surface area contributed by atoms with Crippen LogP contribution in [0.4, 0.5) is 13.2 Å². The zero-order valence-electron chi connectivity index (χ0n) is 14.7. The maximum absolute atomic E-state index is 12.9. The molecule has 1 aliphatic rings. The molecule has 2 heterocycles. The van der Waals surface area contributed by atoms with Crippen LogP contribution in [0.3, 0.4) is 0 Å². The summed E-state index contributed by atoms with van der Waals surface area (Å²) in [5.41, 5.74) is -1.77. The minimum Gasteiger partial charge on any atom is -0.336 e. The number of hydrogen-bond acceptors (Lipinski definition) is 4. The van der Waals surface area contributed by atoms with Crippen LogP contribution in [0.15, 0.2) is 46.2 Å². The second-order valence-electron chi connectivity index (χ2n) is 6.25. The van der Waals surface area contributed by atoms with Gasteiger partial charge in [-0.25, -0.2) is 8.42 Å². The van der Waals surface area contributed by atoms with Gasteiger partial charge >= 0.3 is 6.18 Å². The number of aromatic amines is 1. The molecule has 1 fully saturated rings. The van der Waals surface area contributed by atoms with Gasteiger partial charge in [0.1, 0.15) is 10.5 Å². The van der Waals surface area contributed by atoms with E-state index >= 15 is 0 Å². The number of nitrogens with zero attached hydrogens (tertiary/aromatic N) is 2. The molecule has 1 N–H and O–H groups in total. The zero-order chi connectivity index (χ0) is 21.4. The van der Waals surface area contributed by atoms with Gasteiger partial charge in [0.15, 0.2) is 0 Å². The summed E-state index contributed by atoms with van der Waals surface area (Å²) in [5.74, 6) is -0.555. The van der Waals surface area contributed by atoms with Crippen molar-refractivity contribution in [1.29, 1.82) is 0 Å². The van der Waals surface area contributed by atoms with Gasteiger partial charge in [0.05, 0.1) is 10.6 Å². The SMILES string of the molecule is O=C(c1ccc[nH]c1=O)N1CCN(S(=O)(=O)c2cc(C(F)(F)F)ccc2Cl)CC1. The second kappa shape index (κ2) is 7.81. The number of carbonyl (C=O) groups is 1. The molecule has 0 saturated carbocycles. The summed E-state index contributed by atoms with van der Waals surface area (Å²) in [5, 5.41) is -0.327. The fraction of sp³-hybridized carbons (Fsp3) is 0.294. The van der Waals surface area contributed by atoms with Crippen molar-refractivity contribution < 1.29 is 26.4 Å². The van der Waals surface area contributed by atoms with E-state index in [1.165, 1.54) is 23.2 Å². The van der Waals surface area contributed by atoms with Crippen molar-refractivity contribution in [3.63, 3.8) is 0 Å². The molecule has 1 aromatic carbocycles. The first kappa shape index (κ1) is 21.3. The maximum atomic E-state index is 12.9. The van der Waals surface area contributed by atoms with Gasteiger partial charge in [0, 0.05) is 32.4 Å². The Morgan fingerprint density at radius 2 is 1.76 bits per heavy atom. The molecule has 3 rings (SSSR count). The predicted octanol–water partition coefficient (Wildman–Crippen LogP) is 2.19. The summed E-state index contributed by atoms with van der Waals surface area (Å²) in [6.45, 7) is -0.345. The average Bonchev–Trinajstić information content (AvgIpc) is 2.67. The lowest BCUT2D eigenvalue weighted by atomic mass is 10.2. The molecule has 0 aliphatic carbocycles. The zero-order valence-corrected chi connectivity index (χ0v) is 16.3. The molecule has 0 radical (unpaired) electrons. The van der Waals surface area contributed by atoms with E-state index in [1.54, 1.807) is 0 Å². The standard InChI is InChI=1S/C17H15ClF3N3O4S/c18-13-4-3-11(17(19,20)21)10-14(13)29(27,28)24-8-6-23(7-9-24)16(26)12-2-1-5-22-15(12)25/h1-5,10H,6-9H2,(H,22,25). The predicted molar refractivity (Wildman–Crippen MR) is 98.2 cm³/mol. The van der Waals surface area contributed by atoms with Gasteiger partial charge < -0.3 is 9.88 Å². The highest BCUT2D eigenvalue weighted by molar-refractivity contribution is 7.89. The van der Waals surface area contributed by atoms with Crippen LogP contribution in [-0.4, -0.2) is 54.7 Å². The number of halogens is 4. The Balaban J connectivity index is 1.79. The van der Waals surface area contributed by atoms with E-state index < -0.39 is 38.1 Å². The van der Waals surface area contributed by atoms with E-state index in [1.807, 2.05) is 0 Å². The third-order valence-electron chi connectivity index (χ3n) is 4.45. The van der Waals surface area contributed by atoms with Crippen LogP contribution in [0.2, 0.25) is 5.02 Å². The number of amides is 1. The molecule has 0 atom stereocenters. The van der Waals surface area contributed by atoms with Crippen LogP contribution in [0.25, 0.3) is 0 Å². The molecule has 7 nitrogen and oxygen atoms in total. The summed E-state index contributed by atoms with van der Waals surface area (Å²) in [6.07, 6.45) is -3.34. The average molecular weight is 450 g/mol. The number of aromatic nitrogens is 1. The molecule has 1 aromatic heterocycles. The highest BCUT2D eigenvalue weighted by Crippen LogP contribution is 2.34. The second-order valence-corrected chi connectivity index (χ2v) is 8.57. The number of carbonyl (C=O) groups excluding carboxylic acids is 1. The van der Waals surface area contributed by atoms with E-state index in [0.29, 0.717) is 12.1 Å². The fourth-order valence-electron chi connectivity index (χ4n) is 2.91. The third kappa shape index (κ3) is 4.31. The first-order valence-corrected chi connectivity index (χ1v) is 10.2. The van der Waals surface area contributed by atoms with Crippen molar-refractivity contribution in [2.24, 2.45) is 0 Å². The quantitative estimate of drug-likeness (QED) is 0.777. The lowest BCUT2D eigenvalue weighted by molar-refractivity contribution is -0.137. The van der Waals surface area contributed by atoms with Crippen molar-refractivity contribution >= 4 is 27.5 Å². The van der Waals surface area contributed by atoms with Gasteiger partial charge in [-0.2, -0.15) is 17.5 Å². The van der Waals surface area contributed by atoms with Crippen LogP contribution in [0, 0.1) is 0 Å². The minimum atomic E-state index is -4.72. The fourth-order valence-corrected chi connectivity index (χ4v) is 4.83. The number of nitrogens with one attached hydrogen (secondary N) is 1. The van der Waals surface area contributed by atoms with Crippen molar-refractivity contribution in [3.05, 3.63) is 63.0 Å². The molecular weight excluding hydrogens is 435 g/mol. The summed E-state index contributed by atoms with van der Waals surface area (Å²) < 4.78 is 65.4. The Labute approximate surface area is 168 Å². The Kier molecular flexibility index (Phi) is 5.74. The van der Waals surface area contributed by atoms with Crippen molar-refractivity contribution in [3.8, 4) is 0 Å².